The van der Waals surface area contributed by atoms with Crippen molar-refractivity contribution in [3.05, 3.63) is 59.3 Å². The van der Waals surface area contributed by atoms with Gasteiger partial charge in [0, 0.05) is 38.7 Å². The van der Waals surface area contributed by atoms with Crippen molar-refractivity contribution in [3.63, 3.8) is 0 Å². The largest absolute Gasteiger partial charge is 0.441 e. The Morgan fingerprint density at radius 3 is 2.63 bits per heavy atom. The quantitative estimate of drug-likeness (QED) is 0.674. The van der Waals surface area contributed by atoms with E-state index in [-0.39, 0.29) is 12.0 Å². The van der Waals surface area contributed by atoms with E-state index in [2.05, 4.69) is 36.2 Å². The van der Waals surface area contributed by atoms with Gasteiger partial charge in [0.15, 0.2) is 0 Å². The van der Waals surface area contributed by atoms with Crippen LogP contribution in [0.1, 0.15) is 41.3 Å². The fourth-order valence-electron chi connectivity index (χ4n) is 4.08. The lowest BCUT2D eigenvalue weighted by atomic mass is 9.91. The van der Waals surface area contributed by atoms with Gasteiger partial charge in [-0.3, -0.25) is 9.69 Å². The lowest BCUT2D eigenvalue weighted by Crippen LogP contribution is -2.48. The van der Waals surface area contributed by atoms with Crippen LogP contribution in [0.25, 0.3) is 0 Å². The summed E-state index contributed by atoms with van der Waals surface area (Å²) in [5, 5.41) is 0.779. The molecule has 158 valence electrons. The molecule has 2 amide bonds. The van der Waals surface area contributed by atoms with E-state index in [1.807, 2.05) is 17.9 Å². The monoisotopic (exact) mass is 425 g/mol. The molecule has 2 fully saturated rings. The second-order valence-electron chi connectivity index (χ2n) is 7.97. The highest BCUT2D eigenvalue weighted by atomic mass is 32.2. The molecule has 0 bridgehead atoms. The predicted molar refractivity (Wildman–Crippen MR) is 117 cm³/mol. The van der Waals surface area contributed by atoms with Gasteiger partial charge in [-0.15, -0.1) is 11.8 Å². The number of amides is 2. The molecule has 2 aromatic rings. The molecule has 6 nitrogen and oxygen atoms in total. The third-order valence-corrected chi connectivity index (χ3v) is 6.67. The molecule has 30 heavy (non-hydrogen) atoms. The third-order valence-electron chi connectivity index (χ3n) is 5.78. The van der Waals surface area contributed by atoms with Crippen LogP contribution in [0.3, 0.4) is 0 Å². The Labute approximate surface area is 181 Å². The van der Waals surface area contributed by atoms with Crippen molar-refractivity contribution < 1.29 is 14.3 Å². The number of rotatable bonds is 5. The second-order valence-corrected chi connectivity index (χ2v) is 9.23. The van der Waals surface area contributed by atoms with Crippen LogP contribution < -0.4 is 0 Å². The number of thioether (sulfide) groups is 1. The van der Waals surface area contributed by atoms with E-state index in [0.717, 1.165) is 16.3 Å². The van der Waals surface area contributed by atoms with Crippen molar-refractivity contribution in [2.24, 2.45) is 0 Å². The maximum atomic E-state index is 13.1. The maximum Gasteiger partial charge on any atom is 0.410 e. The standard InChI is InChI=1S/C23H27N3O3S/c1-3-30-20-19(5-4-12-24-20)21(27)25-13-10-23(11-14-25)16-26(22(28)29-23)15-18-8-6-17(2)7-9-18/h4-9,12H,3,10-11,13-16H2,1-2H3. The van der Waals surface area contributed by atoms with E-state index in [4.69, 9.17) is 4.74 Å². The molecule has 3 heterocycles. The van der Waals surface area contributed by atoms with Gasteiger partial charge in [-0.2, -0.15) is 0 Å². The second kappa shape index (κ2) is 8.68. The number of carbonyl (C=O) groups is 2. The number of nitrogens with zero attached hydrogens (tertiary/aromatic N) is 3. The Bertz CT molecular complexity index is 924. The number of benzene rings is 1. The molecule has 0 saturated carbocycles. The Hall–Kier alpha value is -2.54. The van der Waals surface area contributed by atoms with Gasteiger partial charge >= 0.3 is 6.09 Å². The molecule has 7 heteroatoms. The number of aromatic nitrogens is 1. The smallest absolute Gasteiger partial charge is 0.410 e. The van der Waals surface area contributed by atoms with E-state index in [1.165, 1.54) is 5.56 Å². The minimum atomic E-state index is -0.492. The predicted octanol–water partition coefficient (Wildman–Crippen LogP) is 4.13. The molecule has 2 saturated heterocycles. The zero-order chi connectivity index (χ0) is 21.1. The van der Waals surface area contributed by atoms with Gasteiger partial charge in [0.05, 0.1) is 12.1 Å². The molecule has 4 rings (SSSR count). The highest BCUT2D eigenvalue weighted by molar-refractivity contribution is 7.99. The highest BCUT2D eigenvalue weighted by Gasteiger charge is 2.47. The van der Waals surface area contributed by atoms with Crippen LogP contribution in [0.2, 0.25) is 0 Å². The zero-order valence-corrected chi connectivity index (χ0v) is 18.3. The van der Waals surface area contributed by atoms with Gasteiger partial charge in [0.2, 0.25) is 0 Å². The van der Waals surface area contributed by atoms with Gasteiger partial charge < -0.3 is 9.64 Å². The van der Waals surface area contributed by atoms with E-state index in [0.29, 0.717) is 44.6 Å². The molecule has 2 aliphatic heterocycles. The Morgan fingerprint density at radius 1 is 1.20 bits per heavy atom. The van der Waals surface area contributed by atoms with Crippen LogP contribution in [0.5, 0.6) is 0 Å². The fourth-order valence-corrected chi connectivity index (χ4v) is 4.80. The number of piperidine rings is 1. The van der Waals surface area contributed by atoms with Crippen LogP contribution >= 0.6 is 11.8 Å². The lowest BCUT2D eigenvalue weighted by molar-refractivity contribution is 0.00301. The van der Waals surface area contributed by atoms with Crippen LogP contribution in [0.15, 0.2) is 47.6 Å². The molecule has 0 N–H and O–H groups in total. The van der Waals surface area contributed by atoms with Gasteiger partial charge in [-0.1, -0.05) is 36.8 Å². The number of hydrogen-bond donors (Lipinski definition) is 0. The summed E-state index contributed by atoms with van der Waals surface area (Å²) in [5.41, 5.74) is 2.46. The van der Waals surface area contributed by atoms with E-state index >= 15 is 0 Å². The first-order valence-electron chi connectivity index (χ1n) is 10.4. The number of likely N-dealkylation sites (tertiary alicyclic amines) is 1. The summed E-state index contributed by atoms with van der Waals surface area (Å²) in [6, 6.07) is 11.9. The molecular formula is C23H27N3O3S. The number of carbonyl (C=O) groups excluding carboxylic acids is 2. The van der Waals surface area contributed by atoms with Crippen LogP contribution in [-0.2, 0) is 11.3 Å². The third kappa shape index (κ3) is 4.31. The first-order chi connectivity index (χ1) is 14.5. The summed E-state index contributed by atoms with van der Waals surface area (Å²) >= 11 is 1.58. The summed E-state index contributed by atoms with van der Waals surface area (Å²) in [6.45, 7) is 6.38. The topological polar surface area (TPSA) is 62.7 Å². The summed E-state index contributed by atoms with van der Waals surface area (Å²) in [5.74, 6) is 0.877. The Kier molecular flexibility index (Phi) is 5.99. The van der Waals surface area contributed by atoms with Crippen LogP contribution in [0, 0.1) is 6.92 Å². The van der Waals surface area contributed by atoms with E-state index in [1.54, 1.807) is 28.9 Å². The van der Waals surface area contributed by atoms with Gasteiger partial charge in [-0.25, -0.2) is 9.78 Å². The minimum absolute atomic E-state index is 0.00901. The molecule has 1 aromatic heterocycles. The number of hydrogen-bond acceptors (Lipinski definition) is 5. The SMILES string of the molecule is CCSc1ncccc1C(=O)N1CCC2(CC1)CN(Cc1ccc(C)cc1)C(=O)O2. The van der Waals surface area contributed by atoms with E-state index in [9.17, 15) is 9.59 Å². The lowest BCUT2D eigenvalue weighted by Gasteiger charge is -2.37. The van der Waals surface area contributed by atoms with Crippen molar-refractivity contribution in [2.45, 2.75) is 43.9 Å². The van der Waals surface area contributed by atoms with Crippen molar-refractivity contribution >= 4 is 23.8 Å². The highest BCUT2D eigenvalue weighted by Crippen LogP contribution is 2.35. The van der Waals surface area contributed by atoms with E-state index < -0.39 is 5.60 Å². The summed E-state index contributed by atoms with van der Waals surface area (Å²) in [7, 11) is 0. The van der Waals surface area contributed by atoms with Crippen molar-refractivity contribution in [1.82, 2.24) is 14.8 Å². The normalized spacial score (nSPS) is 18.0. The first kappa shape index (κ1) is 20.7. The average Bonchev–Trinajstić information content (AvgIpc) is 3.05. The molecule has 0 aliphatic carbocycles. The van der Waals surface area contributed by atoms with Gasteiger partial charge in [0.1, 0.15) is 10.6 Å². The molecule has 0 atom stereocenters. The van der Waals surface area contributed by atoms with Crippen molar-refractivity contribution in [3.8, 4) is 0 Å². The minimum Gasteiger partial charge on any atom is -0.441 e. The van der Waals surface area contributed by atoms with Gasteiger partial charge in [0.25, 0.3) is 5.91 Å². The first-order valence-corrected chi connectivity index (χ1v) is 11.4. The molecule has 1 spiro atoms. The Balaban J connectivity index is 1.39. The number of pyridine rings is 1. The van der Waals surface area contributed by atoms with Crippen LogP contribution in [-0.4, -0.2) is 57.8 Å². The molecule has 0 unspecified atom stereocenters. The van der Waals surface area contributed by atoms with Gasteiger partial charge in [-0.05, 0) is 30.4 Å². The Morgan fingerprint density at radius 2 is 1.93 bits per heavy atom. The fraction of sp³-hybridized carbons (Fsp3) is 0.435. The number of ether oxygens (including phenoxy) is 1. The molecular weight excluding hydrogens is 398 g/mol. The summed E-state index contributed by atoms with van der Waals surface area (Å²) in [6.07, 6.45) is 2.78. The van der Waals surface area contributed by atoms with Crippen LogP contribution in [0.4, 0.5) is 4.79 Å². The zero-order valence-electron chi connectivity index (χ0n) is 17.5. The number of aryl methyl sites for hydroxylation is 1. The van der Waals surface area contributed by atoms with Crippen molar-refractivity contribution in [2.75, 3.05) is 25.4 Å². The average molecular weight is 426 g/mol. The maximum absolute atomic E-state index is 13.1. The summed E-state index contributed by atoms with van der Waals surface area (Å²) < 4.78 is 5.83. The molecule has 0 radical (unpaired) electrons. The van der Waals surface area contributed by atoms with Crippen molar-refractivity contribution in [1.29, 1.82) is 0 Å². The summed E-state index contributed by atoms with van der Waals surface area (Å²) in [4.78, 5) is 33.5. The molecule has 1 aromatic carbocycles. The molecule has 2 aliphatic rings.